The fourth-order valence-electron chi connectivity index (χ4n) is 2.04. The average Bonchev–Trinajstić information content (AvgIpc) is 2.60. The molecule has 0 aliphatic rings. The van der Waals surface area contributed by atoms with Gasteiger partial charge >= 0.3 is 5.97 Å². The van der Waals surface area contributed by atoms with Crippen molar-refractivity contribution in [3.8, 4) is 11.8 Å². The zero-order chi connectivity index (χ0) is 18.2. The number of benzene rings is 2. The van der Waals surface area contributed by atoms with Gasteiger partial charge in [0.1, 0.15) is 5.75 Å². The monoisotopic (exact) mass is 338 g/mol. The number of nitriles is 1. The molecule has 6 heteroatoms. The van der Waals surface area contributed by atoms with Crippen LogP contribution in [0.5, 0.6) is 5.75 Å². The van der Waals surface area contributed by atoms with Gasteiger partial charge in [-0.05, 0) is 49.7 Å². The number of esters is 1. The molecule has 0 aliphatic carbocycles. The van der Waals surface area contributed by atoms with Crippen LogP contribution in [0, 0.1) is 18.3 Å². The quantitative estimate of drug-likeness (QED) is 0.818. The van der Waals surface area contributed by atoms with E-state index in [1.54, 1.807) is 30.3 Å². The van der Waals surface area contributed by atoms with E-state index in [4.69, 9.17) is 14.7 Å². The van der Waals surface area contributed by atoms with E-state index < -0.39 is 18.0 Å². The maximum Gasteiger partial charge on any atom is 0.344 e. The number of nitrogens with zero attached hydrogens (tertiary/aromatic N) is 1. The Morgan fingerprint density at radius 2 is 1.96 bits per heavy atom. The highest BCUT2D eigenvalue weighted by Gasteiger charge is 2.18. The maximum absolute atomic E-state index is 12.1. The van der Waals surface area contributed by atoms with Crippen LogP contribution in [-0.4, -0.2) is 24.6 Å². The Labute approximate surface area is 146 Å². The van der Waals surface area contributed by atoms with Crippen LogP contribution in [0.1, 0.15) is 18.1 Å². The Balaban J connectivity index is 1.83. The molecular weight excluding hydrogens is 320 g/mol. The van der Waals surface area contributed by atoms with Gasteiger partial charge in [-0.2, -0.15) is 5.26 Å². The van der Waals surface area contributed by atoms with E-state index in [-0.39, 0.29) is 6.61 Å². The normalized spacial score (nSPS) is 11.1. The molecular formula is C19H18N2O4. The molecule has 0 radical (unpaired) electrons. The second kappa shape index (κ2) is 8.50. The molecule has 0 aliphatic heterocycles. The minimum atomic E-state index is -0.987. The molecule has 6 nitrogen and oxygen atoms in total. The molecule has 0 aromatic heterocycles. The standard InChI is InChI=1S/C19H18N2O4/c1-13-5-3-8-17(9-13)24-12-18(22)25-14(2)19(23)21-16-7-4-6-15(10-16)11-20/h3-10,14H,12H2,1-2H3,(H,21,23)/t14-/m1/s1. The summed E-state index contributed by atoms with van der Waals surface area (Å²) >= 11 is 0. The summed E-state index contributed by atoms with van der Waals surface area (Å²) in [6.07, 6.45) is -0.987. The second-order valence-electron chi connectivity index (χ2n) is 5.42. The SMILES string of the molecule is Cc1cccc(OCC(=O)O[C@H](C)C(=O)Nc2cccc(C#N)c2)c1. The van der Waals surface area contributed by atoms with Crippen LogP contribution in [0.2, 0.25) is 0 Å². The molecule has 128 valence electrons. The fourth-order valence-corrected chi connectivity index (χ4v) is 2.04. The molecule has 2 aromatic rings. The van der Waals surface area contributed by atoms with Crippen molar-refractivity contribution in [3.63, 3.8) is 0 Å². The van der Waals surface area contributed by atoms with Gasteiger partial charge in [0.05, 0.1) is 11.6 Å². The van der Waals surface area contributed by atoms with E-state index in [0.717, 1.165) is 5.56 Å². The first-order valence-electron chi connectivity index (χ1n) is 7.68. The summed E-state index contributed by atoms with van der Waals surface area (Å²) in [5, 5.41) is 11.4. The molecule has 25 heavy (non-hydrogen) atoms. The van der Waals surface area contributed by atoms with Crippen LogP contribution in [0.15, 0.2) is 48.5 Å². The molecule has 0 saturated carbocycles. The van der Waals surface area contributed by atoms with Gasteiger partial charge in [-0.15, -0.1) is 0 Å². The van der Waals surface area contributed by atoms with Crippen LogP contribution in [0.3, 0.4) is 0 Å². The van der Waals surface area contributed by atoms with Crippen molar-refractivity contribution >= 4 is 17.6 Å². The highest BCUT2D eigenvalue weighted by molar-refractivity contribution is 5.95. The van der Waals surface area contributed by atoms with Crippen LogP contribution >= 0.6 is 0 Å². The topological polar surface area (TPSA) is 88.4 Å². The third kappa shape index (κ3) is 5.66. The van der Waals surface area contributed by atoms with Crippen molar-refractivity contribution in [2.75, 3.05) is 11.9 Å². The van der Waals surface area contributed by atoms with Gasteiger partial charge in [0.25, 0.3) is 5.91 Å². The van der Waals surface area contributed by atoms with E-state index in [1.807, 2.05) is 25.1 Å². The Hall–Kier alpha value is -3.33. The Morgan fingerprint density at radius 1 is 1.20 bits per heavy atom. The van der Waals surface area contributed by atoms with Gasteiger partial charge in [0.2, 0.25) is 0 Å². The summed E-state index contributed by atoms with van der Waals surface area (Å²) in [6.45, 7) is 3.10. The minimum Gasteiger partial charge on any atom is -0.482 e. The lowest BCUT2D eigenvalue weighted by atomic mass is 10.2. The molecule has 1 N–H and O–H groups in total. The number of rotatable bonds is 6. The summed E-state index contributed by atoms with van der Waals surface area (Å²) in [7, 11) is 0. The molecule has 1 amide bonds. The van der Waals surface area contributed by atoms with Crippen molar-refractivity contribution in [2.45, 2.75) is 20.0 Å². The number of amides is 1. The summed E-state index contributed by atoms with van der Waals surface area (Å²) in [4.78, 5) is 23.9. The van der Waals surface area contributed by atoms with Gasteiger partial charge < -0.3 is 14.8 Å². The predicted octanol–water partition coefficient (Wildman–Crippen LogP) is 2.82. The average molecular weight is 338 g/mol. The molecule has 2 rings (SSSR count). The number of carbonyl (C=O) groups excluding carboxylic acids is 2. The first-order valence-corrected chi connectivity index (χ1v) is 7.68. The molecule has 2 aromatic carbocycles. The molecule has 0 saturated heterocycles. The van der Waals surface area contributed by atoms with E-state index in [2.05, 4.69) is 5.32 Å². The number of carbonyl (C=O) groups is 2. The van der Waals surface area contributed by atoms with Crippen LogP contribution < -0.4 is 10.1 Å². The minimum absolute atomic E-state index is 0.287. The van der Waals surface area contributed by atoms with Crippen molar-refractivity contribution in [3.05, 3.63) is 59.7 Å². The number of anilines is 1. The van der Waals surface area contributed by atoms with Crippen molar-refractivity contribution in [2.24, 2.45) is 0 Å². The Kier molecular flexibility index (Phi) is 6.13. The zero-order valence-corrected chi connectivity index (χ0v) is 14.0. The first-order chi connectivity index (χ1) is 12.0. The summed E-state index contributed by atoms with van der Waals surface area (Å²) in [6, 6.07) is 15.7. The lowest BCUT2D eigenvalue weighted by Crippen LogP contribution is -2.31. The van der Waals surface area contributed by atoms with Gasteiger partial charge in [-0.1, -0.05) is 18.2 Å². The van der Waals surface area contributed by atoms with Crippen LogP contribution in [0.4, 0.5) is 5.69 Å². The predicted molar refractivity (Wildman–Crippen MR) is 92.0 cm³/mol. The number of hydrogen-bond acceptors (Lipinski definition) is 5. The Bertz CT molecular complexity index is 811. The van der Waals surface area contributed by atoms with Crippen LogP contribution in [-0.2, 0) is 14.3 Å². The fraction of sp³-hybridized carbons (Fsp3) is 0.211. The smallest absolute Gasteiger partial charge is 0.344 e. The van der Waals surface area contributed by atoms with Crippen molar-refractivity contribution < 1.29 is 19.1 Å². The molecule has 1 atom stereocenters. The van der Waals surface area contributed by atoms with E-state index in [0.29, 0.717) is 17.0 Å². The molecule has 0 fully saturated rings. The van der Waals surface area contributed by atoms with Crippen molar-refractivity contribution in [1.82, 2.24) is 0 Å². The summed E-state index contributed by atoms with van der Waals surface area (Å²) < 4.78 is 10.4. The van der Waals surface area contributed by atoms with E-state index in [1.165, 1.54) is 13.0 Å². The zero-order valence-electron chi connectivity index (χ0n) is 14.0. The molecule has 0 heterocycles. The summed E-state index contributed by atoms with van der Waals surface area (Å²) in [5.74, 6) is -0.573. The highest BCUT2D eigenvalue weighted by atomic mass is 16.6. The van der Waals surface area contributed by atoms with Gasteiger partial charge in [-0.25, -0.2) is 4.79 Å². The third-order valence-electron chi connectivity index (χ3n) is 3.28. The molecule has 0 spiro atoms. The third-order valence-corrected chi connectivity index (χ3v) is 3.28. The largest absolute Gasteiger partial charge is 0.482 e. The number of hydrogen-bond donors (Lipinski definition) is 1. The van der Waals surface area contributed by atoms with Crippen molar-refractivity contribution in [1.29, 1.82) is 5.26 Å². The number of nitrogens with one attached hydrogen (secondary N) is 1. The lowest BCUT2D eigenvalue weighted by molar-refractivity contribution is -0.155. The van der Waals surface area contributed by atoms with Gasteiger partial charge in [-0.3, -0.25) is 4.79 Å². The first kappa shape index (κ1) is 18.0. The molecule has 0 bridgehead atoms. The second-order valence-corrected chi connectivity index (χ2v) is 5.42. The van der Waals surface area contributed by atoms with Gasteiger partial charge in [0, 0.05) is 5.69 Å². The highest BCUT2D eigenvalue weighted by Crippen LogP contribution is 2.13. The number of ether oxygens (including phenoxy) is 2. The van der Waals surface area contributed by atoms with Crippen LogP contribution in [0.25, 0.3) is 0 Å². The summed E-state index contributed by atoms with van der Waals surface area (Å²) in [5.41, 5.74) is 1.90. The van der Waals surface area contributed by atoms with E-state index >= 15 is 0 Å². The Morgan fingerprint density at radius 3 is 2.68 bits per heavy atom. The lowest BCUT2D eigenvalue weighted by Gasteiger charge is -2.14. The number of aryl methyl sites for hydroxylation is 1. The maximum atomic E-state index is 12.1. The van der Waals surface area contributed by atoms with E-state index in [9.17, 15) is 9.59 Å². The molecule has 0 unspecified atom stereocenters. The van der Waals surface area contributed by atoms with Gasteiger partial charge in [0.15, 0.2) is 12.7 Å².